The fourth-order valence-corrected chi connectivity index (χ4v) is 8.36. The van der Waals surface area contributed by atoms with Crippen molar-refractivity contribution in [2.24, 2.45) is 47.3 Å². The van der Waals surface area contributed by atoms with Crippen LogP contribution in [0.15, 0.2) is 60.7 Å². The molecule has 2 aromatic rings. The van der Waals surface area contributed by atoms with Gasteiger partial charge in [0.25, 0.3) is 0 Å². The van der Waals surface area contributed by atoms with Gasteiger partial charge >= 0.3 is 0 Å². The molecule has 8 heteroatoms. The largest absolute Gasteiger partial charge is 0.495 e. The number of hydrogen-bond acceptors (Lipinski definition) is 6. The number of nitrogens with zero attached hydrogens (tertiary/aromatic N) is 2. The molecule has 40 heavy (non-hydrogen) atoms. The number of fused-ring (bicyclic) bond motifs is 10. The second-order valence-electron chi connectivity index (χ2n) is 11.8. The summed E-state index contributed by atoms with van der Waals surface area (Å²) in [5.41, 5.74) is 2.46. The summed E-state index contributed by atoms with van der Waals surface area (Å²) in [5.74, 6) is -0.399. The summed E-state index contributed by atoms with van der Waals surface area (Å²) in [6.07, 6.45) is 10.1. The second-order valence-corrected chi connectivity index (χ2v) is 11.8. The summed E-state index contributed by atoms with van der Waals surface area (Å²) in [7, 11) is 3.04. The minimum atomic E-state index is -0.287. The lowest BCUT2D eigenvalue weighted by Gasteiger charge is -2.22. The van der Waals surface area contributed by atoms with E-state index >= 15 is 0 Å². The maximum atomic E-state index is 13.4. The molecule has 2 aliphatic heterocycles. The quantitative estimate of drug-likeness (QED) is 0.424. The first-order chi connectivity index (χ1) is 19.4. The predicted molar refractivity (Wildman–Crippen MR) is 145 cm³/mol. The fraction of sp³-hybridized carbons (Fsp3) is 0.375. The molecule has 4 bridgehead atoms. The molecule has 2 saturated carbocycles. The van der Waals surface area contributed by atoms with Crippen LogP contribution in [0.5, 0.6) is 11.5 Å². The molecule has 4 fully saturated rings. The smallest absolute Gasteiger partial charge is 0.238 e. The Balaban J connectivity index is 1.11. The highest BCUT2D eigenvalue weighted by Crippen LogP contribution is 2.55. The summed E-state index contributed by atoms with van der Waals surface area (Å²) in [4.78, 5) is 56.1. The molecule has 0 spiro atoms. The molecule has 8 nitrogen and oxygen atoms in total. The van der Waals surface area contributed by atoms with E-state index in [1.165, 1.54) is 24.0 Å². The van der Waals surface area contributed by atoms with Crippen molar-refractivity contribution in [3.8, 4) is 22.6 Å². The Morgan fingerprint density at radius 1 is 0.550 bits per heavy atom. The van der Waals surface area contributed by atoms with Gasteiger partial charge in [-0.3, -0.25) is 19.2 Å². The highest BCUT2D eigenvalue weighted by molar-refractivity contribution is 6.24. The van der Waals surface area contributed by atoms with E-state index < -0.39 is 0 Å². The summed E-state index contributed by atoms with van der Waals surface area (Å²) in [6, 6.07) is 10.8. The molecule has 0 aromatic heterocycles. The molecule has 8 unspecified atom stereocenters. The Hall–Kier alpha value is -4.20. The predicted octanol–water partition coefficient (Wildman–Crippen LogP) is 3.99. The van der Waals surface area contributed by atoms with Crippen molar-refractivity contribution in [2.45, 2.75) is 12.8 Å². The topological polar surface area (TPSA) is 93.2 Å². The van der Waals surface area contributed by atoms with Gasteiger partial charge in [0.15, 0.2) is 0 Å². The Kier molecular flexibility index (Phi) is 4.83. The normalized spacial score (nSPS) is 34.5. The number of amides is 4. The number of imide groups is 2. The van der Waals surface area contributed by atoms with Crippen LogP contribution in [0, 0.1) is 47.3 Å². The van der Waals surface area contributed by atoms with Crippen molar-refractivity contribution < 1.29 is 28.7 Å². The molecule has 4 amide bonds. The third kappa shape index (κ3) is 2.91. The first-order valence-corrected chi connectivity index (χ1v) is 13.9. The molecular weight excluding hydrogens is 508 g/mol. The third-order valence-electron chi connectivity index (χ3n) is 10.1. The third-order valence-corrected chi connectivity index (χ3v) is 10.1. The van der Waals surface area contributed by atoms with Crippen LogP contribution in [0.25, 0.3) is 11.1 Å². The molecule has 8 rings (SSSR count). The molecule has 2 aromatic carbocycles. The number of ether oxygens (including phenoxy) is 2. The van der Waals surface area contributed by atoms with Crippen LogP contribution >= 0.6 is 0 Å². The fourth-order valence-electron chi connectivity index (χ4n) is 8.36. The number of rotatable bonds is 5. The maximum absolute atomic E-state index is 13.4. The lowest BCUT2D eigenvalue weighted by molar-refractivity contribution is -0.124. The highest BCUT2D eigenvalue weighted by atomic mass is 16.5. The van der Waals surface area contributed by atoms with Crippen LogP contribution in [0.3, 0.4) is 0 Å². The van der Waals surface area contributed by atoms with E-state index in [-0.39, 0.29) is 71.0 Å². The van der Waals surface area contributed by atoms with E-state index in [1.54, 1.807) is 24.3 Å². The summed E-state index contributed by atoms with van der Waals surface area (Å²) >= 11 is 0. The van der Waals surface area contributed by atoms with Crippen molar-refractivity contribution in [1.29, 1.82) is 0 Å². The molecule has 2 heterocycles. The first kappa shape index (κ1) is 23.7. The Bertz CT molecular complexity index is 1410. The van der Waals surface area contributed by atoms with E-state index in [4.69, 9.17) is 9.47 Å². The van der Waals surface area contributed by atoms with Gasteiger partial charge in [0.2, 0.25) is 23.6 Å². The highest BCUT2D eigenvalue weighted by Gasteiger charge is 2.61. The number of allylic oxidation sites excluding steroid dienone is 4. The average molecular weight is 537 g/mol. The Labute approximate surface area is 231 Å². The molecule has 0 N–H and O–H groups in total. The van der Waals surface area contributed by atoms with Gasteiger partial charge < -0.3 is 9.47 Å². The molecule has 202 valence electrons. The van der Waals surface area contributed by atoms with Gasteiger partial charge in [-0.2, -0.15) is 0 Å². The van der Waals surface area contributed by atoms with Gasteiger partial charge in [-0.25, -0.2) is 9.80 Å². The average Bonchev–Trinajstić information content (AvgIpc) is 3.81. The molecule has 2 saturated heterocycles. The zero-order valence-electron chi connectivity index (χ0n) is 22.2. The monoisotopic (exact) mass is 536 g/mol. The van der Waals surface area contributed by atoms with Crippen LogP contribution in [-0.4, -0.2) is 37.8 Å². The Morgan fingerprint density at radius 3 is 1.18 bits per heavy atom. The van der Waals surface area contributed by atoms with E-state index in [9.17, 15) is 19.2 Å². The molecular formula is C32H28N2O6. The van der Waals surface area contributed by atoms with Crippen molar-refractivity contribution in [1.82, 2.24) is 0 Å². The van der Waals surface area contributed by atoms with E-state index in [2.05, 4.69) is 24.3 Å². The molecule has 4 aliphatic carbocycles. The second kappa shape index (κ2) is 8.16. The lowest BCUT2D eigenvalue weighted by Crippen LogP contribution is -2.33. The minimum absolute atomic E-state index is 0.132. The summed E-state index contributed by atoms with van der Waals surface area (Å²) in [6.45, 7) is 0. The van der Waals surface area contributed by atoms with Crippen molar-refractivity contribution in [2.75, 3.05) is 24.0 Å². The summed E-state index contributed by atoms with van der Waals surface area (Å²) in [5, 5.41) is 0. The number of carbonyl (C=O) groups excluding carboxylic acids is 4. The Morgan fingerprint density at radius 2 is 0.875 bits per heavy atom. The first-order valence-electron chi connectivity index (χ1n) is 13.9. The number of hydrogen-bond donors (Lipinski definition) is 0. The van der Waals surface area contributed by atoms with Crippen LogP contribution in [0.2, 0.25) is 0 Å². The maximum Gasteiger partial charge on any atom is 0.238 e. The number of benzene rings is 2. The number of anilines is 2. The van der Waals surface area contributed by atoms with Crippen LogP contribution < -0.4 is 19.3 Å². The standard InChI is InChI=1S/C32H28N2O6/c1-39-23-13-15(7-9-21(23)33-29(35)25-17-3-4-18(11-17)26(25)30(33)36)16-8-10-22(24(14-16)40-2)34-31(37)27-19-5-6-20(12-19)28(27)32(34)38/h3-10,13-14,17-20,25-28H,11-12H2,1-2H3. The SMILES string of the molecule is COc1cc(-c2ccc(N3C(=O)C4C5C=CC(C5)C4C3=O)c(OC)c2)ccc1N1C(=O)C2C3C=CC(C3)C2C1=O. The zero-order valence-corrected chi connectivity index (χ0v) is 22.2. The van der Waals surface area contributed by atoms with Crippen molar-refractivity contribution in [3.05, 3.63) is 60.7 Å². The van der Waals surface area contributed by atoms with E-state index in [1.807, 2.05) is 12.1 Å². The molecule has 8 atom stereocenters. The van der Waals surface area contributed by atoms with Crippen LogP contribution in [-0.2, 0) is 19.2 Å². The summed E-state index contributed by atoms with van der Waals surface area (Å²) < 4.78 is 11.3. The van der Waals surface area contributed by atoms with Gasteiger partial charge in [-0.15, -0.1) is 0 Å². The number of methoxy groups -OCH3 is 2. The van der Waals surface area contributed by atoms with Gasteiger partial charge in [0, 0.05) is 0 Å². The van der Waals surface area contributed by atoms with Crippen molar-refractivity contribution >= 4 is 35.0 Å². The van der Waals surface area contributed by atoms with Crippen LogP contribution in [0.1, 0.15) is 12.8 Å². The lowest BCUT2D eigenvalue weighted by atomic mass is 9.85. The van der Waals surface area contributed by atoms with Crippen molar-refractivity contribution in [3.63, 3.8) is 0 Å². The van der Waals surface area contributed by atoms with Gasteiger partial charge in [0.05, 0.1) is 49.3 Å². The van der Waals surface area contributed by atoms with Gasteiger partial charge in [-0.05, 0) is 71.9 Å². The van der Waals surface area contributed by atoms with Gasteiger partial charge in [0.1, 0.15) is 11.5 Å². The van der Waals surface area contributed by atoms with Crippen LogP contribution in [0.4, 0.5) is 11.4 Å². The van der Waals surface area contributed by atoms with E-state index in [0.29, 0.717) is 22.9 Å². The zero-order chi connectivity index (χ0) is 27.4. The van der Waals surface area contributed by atoms with E-state index in [0.717, 1.165) is 24.0 Å². The molecule has 6 aliphatic rings. The van der Waals surface area contributed by atoms with Gasteiger partial charge in [-0.1, -0.05) is 36.4 Å². The number of carbonyl (C=O) groups is 4. The minimum Gasteiger partial charge on any atom is -0.495 e. The molecule has 0 radical (unpaired) electrons.